The lowest BCUT2D eigenvalue weighted by Crippen LogP contribution is -2.59. The SMILES string of the molecule is C=CCN(C)C(=O)[C@@H]1[C@@H]2CCC3(O2)C(C(=O)N(CC=C)C(C)C)N([C@@H](CC)CO)C(=O)[C@H]13. The Morgan fingerprint density at radius 3 is 2.47 bits per heavy atom. The molecule has 178 valence electrons. The minimum Gasteiger partial charge on any atom is -0.394 e. The molecule has 2 bridgehead atoms. The van der Waals surface area contributed by atoms with Gasteiger partial charge < -0.3 is 24.5 Å². The first kappa shape index (κ1) is 24.5. The van der Waals surface area contributed by atoms with Gasteiger partial charge in [-0.3, -0.25) is 14.4 Å². The van der Waals surface area contributed by atoms with Crippen LogP contribution in [0.1, 0.15) is 40.0 Å². The van der Waals surface area contributed by atoms with Crippen molar-refractivity contribution in [3.63, 3.8) is 0 Å². The number of hydrogen-bond donors (Lipinski definition) is 1. The third kappa shape index (κ3) is 3.57. The number of amides is 3. The molecule has 32 heavy (non-hydrogen) atoms. The van der Waals surface area contributed by atoms with Crippen LogP contribution in [0.15, 0.2) is 25.3 Å². The maximum absolute atomic E-state index is 13.9. The summed E-state index contributed by atoms with van der Waals surface area (Å²) >= 11 is 0. The van der Waals surface area contributed by atoms with Gasteiger partial charge in [0.05, 0.1) is 30.6 Å². The second-order valence-electron chi connectivity index (χ2n) is 9.43. The molecule has 3 heterocycles. The van der Waals surface area contributed by atoms with Crippen LogP contribution in [-0.2, 0) is 19.1 Å². The number of carbonyl (C=O) groups is 3. The van der Waals surface area contributed by atoms with Crippen molar-refractivity contribution in [2.24, 2.45) is 11.8 Å². The van der Waals surface area contributed by atoms with E-state index in [-0.39, 0.29) is 36.5 Å². The molecule has 0 aromatic rings. The fourth-order valence-electron chi connectivity index (χ4n) is 5.85. The molecular formula is C24H37N3O5. The molecule has 0 aromatic carbocycles. The molecular weight excluding hydrogens is 410 g/mol. The van der Waals surface area contributed by atoms with Gasteiger partial charge in [0.2, 0.25) is 17.7 Å². The summed E-state index contributed by atoms with van der Waals surface area (Å²) in [5.74, 6) is -2.00. The van der Waals surface area contributed by atoms with E-state index in [0.717, 1.165) is 0 Å². The van der Waals surface area contributed by atoms with Crippen molar-refractivity contribution in [2.45, 2.75) is 69.9 Å². The Morgan fingerprint density at radius 2 is 1.94 bits per heavy atom. The Bertz CT molecular complexity index is 780. The topological polar surface area (TPSA) is 90.4 Å². The second-order valence-corrected chi connectivity index (χ2v) is 9.43. The summed E-state index contributed by atoms with van der Waals surface area (Å²) in [6.07, 6.45) is 4.58. The van der Waals surface area contributed by atoms with E-state index in [0.29, 0.717) is 32.4 Å². The first-order valence-corrected chi connectivity index (χ1v) is 11.6. The molecule has 0 aliphatic carbocycles. The average Bonchev–Trinajstić information content (AvgIpc) is 3.40. The van der Waals surface area contributed by atoms with Crippen molar-refractivity contribution in [1.29, 1.82) is 0 Å². The average molecular weight is 448 g/mol. The lowest BCUT2D eigenvalue weighted by atomic mass is 9.70. The number of hydrogen-bond acceptors (Lipinski definition) is 5. The van der Waals surface area contributed by atoms with E-state index in [2.05, 4.69) is 13.2 Å². The molecule has 1 N–H and O–H groups in total. The largest absolute Gasteiger partial charge is 0.394 e. The highest BCUT2D eigenvalue weighted by Gasteiger charge is 2.75. The quantitative estimate of drug-likeness (QED) is 0.508. The summed E-state index contributed by atoms with van der Waals surface area (Å²) < 4.78 is 6.44. The first-order chi connectivity index (χ1) is 15.2. The summed E-state index contributed by atoms with van der Waals surface area (Å²) in [5, 5.41) is 10.1. The van der Waals surface area contributed by atoms with E-state index < -0.39 is 29.5 Å². The highest BCUT2D eigenvalue weighted by atomic mass is 16.5. The zero-order chi connectivity index (χ0) is 23.8. The van der Waals surface area contributed by atoms with Crippen LogP contribution in [0.5, 0.6) is 0 Å². The number of aliphatic hydroxyl groups is 1. The molecule has 0 aromatic heterocycles. The van der Waals surface area contributed by atoms with Crippen molar-refractivity contribution in [2.75, 3.05) is 26.7 Å². The molecule has 0 saturated carbocycles. The van der Waals surface area contributed by atoms with Crippen LogP contribution < -0.4 is 0 Å². The van der Waals surface area contributed by atoms with Crippen LogP contribution in [-0.4, -0.2) is 94.1 Å². The van der Waals surface area contributed by atoms with E-state index in [1.165, 1.54) is 4.90 Å². The number of likely N-dealkylation sites (N-methyl/N-ethyl adjacent to an activating group) is 1. The van der Waals surface area contributed by atoms with Crippen LogP contribution in [0.4, 0.5) is 0 Å². The van der Waals surface area contributed by atoms with Gasteiger partial charge in [-0.1, -0.05) is 19.1 Å². The number of fused-ring (bicyclic) bond motifs is 1. The molecule has 3 aliphatic heterocycles. The Morgan fingerprint density at radius 1 is 1.28 bits per heavy atom. The molecule has 8 heteroatoms. The minimum absolute atomic E-state index is 0.100. The number of ether oxygens (including phenoxy) is 1. The maximum atomic E-state index is 13.9. The molecule has 8 nitrogen and oxygen atoms in total. The predicted molar refractivity (Wildman–Crippen MR) is 120 cm³/mol. The fraction of sp³-hybridized carbons (Fsp3) is 0.708. The van der Waals surface area contributed by atoms with Crippen molar-refractivity contribution < 1.29 is 24.2 Å². The van der Waals surface area contributed by atoms with Crippen molar-refractivity contribution in [3.8, 4) is 0 Å². The normalized spacial score (nSPS) is 31.6. The van der Waals surface area contributed by atoms with E-state index >= 15 is 0 Å². The van der Waals surface area contributed by atoms with Crippen molar-refractivity contribution >= 4 is 17.7 Å². The van der Waals surface area contributed by atoms with Crippen LogP contribution >= 0.6 is 0 Å². The lowest BCUT2D eigenvalue weighted by Gasteiger charge is -2.40. The Balaban J connectivity index is 2.09. The maximum Gasteiger partial charge on any atom is 0.248 e. The van der Waals surface area contributed by atoms with E-state index in [1.807, 2.05) is 20.8 Å². The van der Waals surface area contributed by atoms with Gasteiger partial charge in [0.15, 0.2) is 0 Å². The van der Waals surface area contributed by atoms with E-state index in [9.17, 15) is 19.5 Å². The summed E-state index contributed by atoms with van der Waals surface area (Å²) in [4.78, 5) is 45.9. The molecule has 6 atom stereocenters. The van der Waals surface area contributed by atoms with Crippen molar-refractivity contribution in [3.05, 3.63) is 25.3 Å². The molecule has 3 fully saturated rings. The van der Waals surface area contributed by atoms with E-state index in [1.54, 1.807) is 29.0 Å². The second kappa shape index (κ2) is 9.35. The van der Waals surface area contributed by atoms with Gasteiger partial charge in [0.25, 0.3) is 0 Å². The summed E-state index contributed by atoms with van der Waals surface area (Å²) in [5.41, 5.74) is -1.05. The molecule has 0 radical (unpaired) electrons. The van der Waals surface area contributed by atoms with Gasteiger partial charge in [-0.15, -0.1) is 13.2 Å². The molecule has 3 rings (SSSR count). The predicted octanol–water partition coefficient (Wildman–Crippen LogP) is 1.20. The van der Waals surface area contributed by atoms with Crippen LogP contribution in [0.25, 0.3) is 0 Å². The molecule has 2 unspecified atom stereocenters. The molecule has 3 aliphatic rings. The van der Waals surface area contributed by atoms with Crippen LogP contribution in [0, 0.1) is 11.8 Å². The van der Waals surface area contributed by atoms with Gasteiger partial charge in [-0.2, -0.15) is 0 Å². The third-order valence-corrected chi connectivity index (χ3v) is 7.34. The number of carbonyl (C=O) groups excluding carboxylic acids is 3. The third-order valence-electron chi connectivity index (χ3n) is 7.34. The van der Waals surface area contributed by atoms with Crippen LogP contribution in [0.3, 0.4) is 0 Å². The highest BCUT2D eigenvalue weighted by molar-refractivity contribution is 5.99. The zero-order valence-corrected chi connectivity index (χ0v) is 19.7. The fourth-order valence-corrected chi connectivity index (χ4v) is 5.85. The van der Waals surface area contributed by atoms with Gasteiger partial charge in [0.1, 0.15) is 11.6 Å². The van der Waals surface area contributed by atoms with Gasteiger partial charge >= 0.3 is 0 Å². The monoisotopic (exact) mass is 447 g/mol. The Hall–Kier alpha value is -2.19. The van der Waals surface area contributed by atoms with Crippen molar-refractivity contribution in [1.82, 2.24) is 14.7 Å². The minimum atomic E-state index is -1.05. The number of likely N-dealkylation sites (tertiary alicyclic amines) is 1. The number of nitrogens with zero attached hydrogens (tertiary/aromatic N) is 3. The molecule has 3 saturated heterocycles. The number of aliphatic hydroxyl groups excluding tert-OH is 1. The van der Waals surface area contributed by atoms with E-state index in [4.69, 9.17) is 4.74 Å². The summed E-state index contributed by atoms with van der Waals surface area (Å²) in [6, 6.07) is -1.48. The smallest absolute Gasteiger partial charge is 0.248 e. The summed E-state index contributed by atoms with van der Waals surface area (Å²) in [7, 11) is 1.69. The Kier molecular flexibility index (Phi) is 7.15. The van der Waals surface area contributed by atoms with Gasteiger partial charge in [0, 0.05) is 26.2 Å². The standard InChI is InChI=1S/C24H37N3O5/c1-7-12-25(6)21(29)18-17-10-11-24(32-17)19(18)22(30)27(16(9-3)14-28)20(24)23(31)26(13-8-2)15(4)5/h7-8,15-20,28H,1-2,9-14H2,3-6H3/t16-,17-,18+,19-,20?,24?/m0/s1. The molecule has 1 spiro atoms. The number of rotatable bonds is 10. The lowest BCUT2D eigenvalue weighted by molar-refractivity contribution is -0.152. The van der Waals surface area contributed by atoms with Crippen LogP contribution in [0.2, 0.25) is 0 Å². The summed E-state index contributed by atoms with van der Waals surface area (Å²) in [6.45, 7) is 13.7. The molecule has 3 amide bonds. The zero-order valence-electron chi connectivity index (χ0n) is 19.7. The van der Waals surface area contributed by atoms with Gasteiger partial charge in [-0.05, 0) is 33.1 Å². The highest BCUT2D eigenvalue weighted by Crippen LogP contribution is 2.59. The Labute approximate surface area is 190 Å². The van der Waals surface area contributed by atoms with Gasteiger partial charge in [-0.25, -0.2) is 0 Å². The first-order valence-electron chi connectivity index (χ1n) is 11.6.